The van der Waals surface area contributed by atoms with Crippen molar-refractivity contribution in [3.63, 3.8) is 0 Å². The highest BCUT2D eigenvalue weighted by Crippen LogP contribution is 1.76. The number of carboxylic acid groups (broad SMARTS) is 1. The number of hydrogen-bond acceptors (Lipinski definition) is 2. The average Bonchev–Trinajstić information content (AvgIpc) is 1.82. The normalized spacial score (nSPS) is 10.9. The molecule has 0 aromatic carbocycles. The number of aliphatic carboxylic acids is 1. The van der Waals surface area contributed by atoms with Gasteiger partial charge in [0, 0.05) is 6.04 Å². The van der Waals surface area contributed by atoms with Crippen molar-refractivity contribution < 1.29 is 9.90 Å². The summed E-state index contributed by atoms with van der Waals surface area (Å²) >= 11 is 0. The highest BCUT2D eigenvalue weighted by atomic mass is 16.4. The van der Waals surface area contributed by atoms with Gasteiger partial charge in [-0.25, -0.2) is 4.79 Å². The van der Waals surface area contributed by atoms with Crippen molar-refractivity contribution in [3.05, 3.63) is 0 Å². The van der Waals surface area contributed by atoms with Crippen molar-refractivity contribution in [2.45, 2.75) is 19.9 Å². The van der Waals surface area contributed by atoms with Crippen LogP contribution in [0.4, 0.5) is 0 Å². The molecule has 0 aromatic heterocycles. The lowest BCUT2D eigenvalue weighted by molar-refractivity contribution is -0.138. The smallest absolute Gasteiger partial charge is 0.326 e. The van der Waals surface area contributed by atoms with Crippen LogP contribution < -0.4 is 5.32 Å². The molecule has 0 aliphatic heterocycles. The summed E-state index contributed by atoms with van der Waals surface area (Å²) in [4.78, 5) is 10.1. The van der Waals surface area contributed by atoms with E-state index in [1.807, 2.05) is 0 Å². The van der Waals surface area contributed by atoms with E-state index in [1.54, 1.807) is 6.92 Å². The second-order valence-corrected chi connectivity index (χ2v) is 1.58. The molecule has 0 amide bonds. The van der Waals surface area contributed by atoms with Gasteiger partial charge < -0.3 is 10.4 Å². The van der Waals surface area contributed by atoms with Crippen LogP contribution in [-0.4, -0.2) is 17.1 Å². The summed E-state index contributed by atoms with van der Waals surface area (Å²) in [5, 5.41) is 10.7. The summed E-state index contributed by atoms with van der Waals surface area (Å²) in [6.07, 6.45) is 0. The molecule has 1 atom stereocenters. The third kappa shape index (κ3) is 3.42. The molecular weight excluding hydrogens is 118 g/mol. The maximum absolute atomic E-state index is 10.1. The Balaban J connectivity index is 3.59. The zero-order valence-electron chi connectivity index (χ0n) is 5.43. The van der Waals surface area contributed by atoms with Gasteiger partial charge >= 0.3 is 5.97 Å². The number of carboxylic acids is 1. The van der Waals surface area contributed by atoms with Gasteiger partial charge in [-0.1, -0.05) is 5.92 Å². The van der Waals surface area contributed by atoms with E-state index < -0.39 is 12.0 Å². The van der Waals surface area contributed by atoms with Gasteiger partial charge in [-0.15, -0.1) is 0 Å². The van der Waals surface area contributed by atoms with Crippen molar-refractivity contribution in [1.29, 1.82) is 0 Å². The first kappa shape index (κ1) is 7.83. The van der Waals surface area contributed by atoms with Crippen LogP contribution in [-0.2, 0) is 4.79 Å². The molecule has 0 saturated carbocycles. The number of hydrogen-bond donors (Lipinski definition) is 2. The molecule has 1 unspecified atom stereocenters. The second-order valence-electron chi connectivity index (χ2n) is 1.58. The Hall–Kier alpha value is -1.17. The molecule has 0 fully saturated rings. The summed E-state index contributed by atoms with van der Waals surface area (Å²) in [5.74, 6) is 1.64. The van der Waals surface area contributed by atoms with Gasteiger partial charge in [-0.3, -0.25) is 0 Å². The largest absolute Gasteiger partial charge is 0.480 e. The Morgan fingerprint density at radius 1 is 1.78 bits per heavy atom. The minimum atomic E-state index is -0.891. The molecular formula is C6H9NO2. The van der Waals surface area contributed by atoms with Crippen LogP contribution in [0.25, 0.3) is 0 Å². The molecule has 50 valence electrons. The van der Waals surface area contributed by atoms with E-state index in [1.165, 1.54) is 6.92 Å². The first-order valence-electron chi connectivity index (χ1n) is 2.58. The van der Waals surface area contributed by atoms with E-state index in [2.05, 4.69) is 17.3 Å². The Labute approximate surface area is 54.1 Å². The molecule has 0 heterocycles. The van der Waals surface area contributed by atoms with Gasteiger partial charge in [0.1, 0.15) is 6.04 Å². The van der Waals surface area contributed by atoms with Gasteiger partial charge in [-0.2, -0.15) is 0 Å². The summed E-state index contributed by atoms with van der Waals surface area (Å²) in [7, 11) is 0. The third-order valence-electron chi connectivity index (χ3n) is 0.784. The molecule has 0 bridgehead atoms. The molecule has 3 heteroatoms. The van der Waals surface area contributed by atoms with Crippen molar-refractivity contribution in [2.24, 2.45) is 0 Å². The minimum Gasteiger partial charge on any atom is -0.480 e. The van der Waals surface area contributed by atoms with Gasteiger partial charge in [0.15, 0.2) is 0 Å². The lowest BCUT2D eigenvalue weighted by atomic mass is 10.4. The van der Waals surface area contributed by atoms with Crippen LogP contribution in [0.3, 0.4) is 0 Å². The van der Waals surface area contributed by atoms with Gasteiger partial charge in [0.25, 0.3) is 0 Å². The molecule has 9 heavy (non-hydrogen) atoms. The van der Waals surface area contributed by atoms with Crippen molar-refractivity contribution in [3.8, 4) is 12.0 Å². The van der Waals surface area contributed by atoms with Crippen molar-refractivity contribution in [1.82, 2.24) is 5.32 Å². The Bertz CT molecular complexity index is 154. The Kier molecular flexibility index (Phi) is 3.29. The summed E-state index contributed by atoms with van der Waals surface area (Å²) in [5.41, 5.74) is 0. The molecule has 0 aromatic rings. The summed E-state index contributed by atoms with van der Waals surface area (Å²) < 4.78 is 0. The molecule has 2 N–H and O–H groups in total. The standard InChI is InChI=1S/C6H9NO2/c1-3-4-7-5(2)6(8)9/h5,7H,1-2H3,(H,8,9). The second kappa shape index (κ2) is 3.79. The van der Waals surface area contributed by atoms with Crippen LogP contribution in [0, 0.1) is 12.0 Å². The van der Waals surface area contributed by atoms with Crippen LogP contribution in [0.15, 0.2) is 0 Å². The van der Waals surface area contributed by atoms with Crippen LogP contribution >= 0.6 is 0 Å². The quantitative estimate of drug-likeness (QED) is 0.406. The molecule has 0 rings (SSSR count). The van der Waals surface area contributed by atoms with E-state index in [-0.39, 0.29) is 0 Å². The fraction of sp³-hybridized carbons (Fsp3) is 0.500. The number of nitrogens with one attached hydrogen (secondary N) is 1. The predicted octanol–water partition coefficient (Wildman–Crippen LogP) is 0.0299. The van der Waals surface area contributed by atoms with Gasteiger partial charge in [0.05, 0.1) is 0 Å². The lowest BCUT2D eigenvalue weighted by Gasteiger charge is -2.00. The fourth-order valence-corrected chi connectivity index (χ4v) is 0.242. The third-order valence-corrected chi connectivity index (χ3v) is 0.784. The topological polar surface area (TPSA) is 49.3 Å². The van der Waals surface area contributed by atoms with Crippen molar-refractivity contribution >= 4 is 5.97 Å². The highest BCUT2D eigenvalue weighted by molar-refractivity contribution is 5.73. The Morgan fingerprint density at radius 2 is 2.33 bits per heavy atom. The van der Waals surface area contributed by atoms with E-state index in [9.17, 15) is 4.79 Å². The van der Waals surface area contributed by atoms with Gasteiger partial charge in [-0.05, 0) is 13.8 Å². The molecule has 0 aliphatic carbocycles. The zero-order valence-corrected chi connectivity index (χ0v) is 5.43. The van der Waals surface area contributed by atoms with Crippen LogP contribution in [0.2, 0.25) is 0 Å². The van der Waals surface area contributed by atoms with Gasteiger partial charge in [0.2, 0.25) is 0 Å². The van der Waals surface area contributed by atoms with E-state index in [4.69, 9.17) is 5.11 Å². The van der Waals surface area contributed by atoms with Crippen LogP contribution in [0.5, 0.6) is 0 Å². The van der Waals surface area contributed by atoms with E-state index in [0.717, 1.165) is 0 Å². The highest BCUT2D eigenvalue weighted by Gasteiger charge is 2.05. The molecule has 3 nitrogen and oxygen atoms in total. The average molecular weight is 127 g/mol. The molecule has 0 aliphatic rings. The molecule has 0 saturated heterocycles. The van der Waals surface area contributed by atoms with E-state index >= 15 is 0 Å². The predicted molar refractivity (Wildman–Crippen MR) is 33.7 cm³/mol. The minimum absolute atomic E-state index is 0.586. The number of rotatable bonds is 2. The zero-order chi connectivity index (χ0) is 7.28. The summed E-state index contributed by atoms with van der Waals surface area (Å²) in [6, 6.07) is 1.86. The molecule has 0 radical (unpaired) electrons. The molecule has 0 spiro atoms. The maximum atomic E-state index is 10.1. The SMILES string of the molecule is CC#CNC(C)C(=O)O. The van der Waals surface area contributed by atoms with Crippen LogP contribution in [0.1, 0.15) is 13.8 Å². The lowest BCUT2D eigenvalue weighted by Crippen LogP contribution is -2.29. The fourth-order valence-electron chi connectivity index (χ4n) is 0.242. The number of carbonyl (C=O) groups is 1. The van der Waals surface area contributed by atoms with Crippen molar-refractivity contribution in [2.75, 3.05) is 0 Å². The maximum Gasteiger partial charge on any atom is 0.326 e. The first-order chi connectivity index (χ1) is 4.18. The first-order valence-corrected chi connectivity index (χ1v) is 2.58. The monoisotopic (exact) mass is 127 g/mol. The van der Waals surface area contributed by atoms with E-state index in [0.29, 0.717) is 0 Å². The Morgan fingerprint density at radius 3 is 2.67 bits per heavy atom. The summed E-state index contributed by atoms with van der Waals surface area (Å²) in [6.45, 7) is 3.17.